The van der Waals surface area contributed by atoms with Gasteiger partial charge in [0.2, 0.25) is 0 Å². The fourth-order valence-corrected chi connectivity index (χ4v) is 4.13. The number of carbonyl (C=O) groups excluding carboxylic acids is 3. The molecule has 0 bridgehead atoms. The summed E-state index contributed by atoms with van der Waals surface area (Å²) in [6.45, 7) is 3.65. The van der Waals surface area contributed by atoms with Gasteiger partial charge in [-0.2, -0.15) is 0 Å². The third-order valence-electron chi connectivity index (χ3n) is 5.14. The number of rotatable bonds is 8. The molecule has 0 saturated carbocycles. The van der Waals surface area contributed by atoms with Gasteiger partial charge in [0, 0.05) is 16.8 Å². The highest BCUT2D eigenvalue weighted by molar-refractivity contribution is 7.13. The van der Waals surface area contributed by atoms with Gasteiger partial charge in [-0.3, -0.25) is 14.4 Å². The van der Waals surface area contributed by atoms with Crippen LogP contribution in [0.1, 0.15) is 43.4 Å². The van der Waals surface area contributed by atoms with E-state index in [4.69, 9.17) is 5.73 Å². The lowest BCUT2D eigenvalue weighted by molar-refractivity contribution is -0.117. The first kappa shape index (κ1) is 24.1. The second kappa shape index (κ2) is 9.90. The van der Waals surface area contributed by atoms with Crippen molar-refractivity contribution in [1.82, 2.24) is 14.9 Å². The van der Waals surface area contributed by atoms with Gasteiger partial charge in [0.1, 0.15) is 12.5 Å². The maximum atomic E-state index is 13.5. The first-order chi connectivity index (χ1) is 15.6. The number of nitrogens with zero attached hydrogens (tertiary/aromatic N) is 2. The highest BCUT2D eigenvalue weighted by Crippen LogP contribution is 2.25. The number of benzene rings is 1. The zero-order valence-corrected chi connectivity index (χ0v) is 19.1. The van der Waals surface area contributed by atoms with Crippen LogP contribution in [0.25, 0.3) is 0 Å². The summed E-state index contributed by atoms with van der Waals surface area (Å²) in [5, 5.41) is 7.13. The van der Waals surface area contributed by atoms with Gasteiger partial charge >= 0.3 is 0 Å². The summed E-state index contributed by atoms with van der Waals surface area (Å²) >= 11 is 1.20. The molecule has 174 valence electrons. The lowest BCUT2D eigenvalue weighted by Gasteiger charge is -2.10. The van der Waals surface area contributed by atoms with Crippen LogP contribution in [0.5, 0.6) is 0 Å². The highest BCUT2D eigenvalue weighted by atomic mass is 32.1. The van der Waals surface area contributed by atoms with Crippen molar-refractivity contribution < 1.29 is 23.2 Å². The molecule has 1 aromatic carbocycles. The molecule has 3 rings (SSSR count). The molecule has 0 saturated heterocycles. The standard InChI is InChI=1S/C22H23F2N5O3S/c1-11-8-14(4-5-16(11)24)27-20(31)17-12(2)18(29(7-6-23)13(17)3)19(30)21(32)26-9-15-10-33-22(25)28-15/h4-5,8,10H,6-7,9H2,1-3H3,(H2,25,28)(H,26,32)(H,27,31). The third-order valence-corrected chi connectivity index (χ3v) is 5.86. The second-order valence-electron chi connectivity index (χ2n) is 7.38. The van der Waals surface area contributed by atoms with Crippen molar-refractivity contribution in [1.29, 1.82) is 0 Å². The van der Waals surface area contributed by atoms with E-state index in [1.807, 2.05) is 0 Å². The third kappa shape index (κ3) is 5.08. The van der Waals surface area contributed by atoms with Crippen LogP contribution in [-0.4, -0.2) is 33.8 Å². The largest absolute Gasteiger partial charge is 0.375 e. The Morgan fingerprint density at radius 1 is 1.21 bits per heavy atom. The van der Waals surface area contributed by atoms with E-state index < -0.39 is 30.1 Å². The Labute approximate surface area is 192 Å². The molecule has 0 fully saturated rings. The fraction of sp³-hybridized carbons (Fsp3) is 0.273. The number of aryl methyl sites for hydroxylation is 1. The topological polar surface area (TPSA) is 119 Å². The SMILES string of the molecule is Cc1cc(NC(=O)c2c(C)c(C(=O)C(=O)NCc3csc(N)n3)n(CCF)c2C)ccc1F. The minimum Gasteiger partial charge on any atom is -0.375 e. The average molecular weight is 476 g/mol. The molecule has 8 nitrogen and oxygen atoms in total. The number of carbonyl (C=O) groups is 3. The minimum absolute atomic E-state index is 0.00260. The molecule has 2 amide bonds. The minimum atomic E-state index is -0.914. The van der Waals surface area contributed by atoms with E-state index in [9.17, 15) is 23.2 Å². The van der Waals surface area contributed by atoms with Gasteiger partial charge in [0.25, 0.3) is 17.6 Å². The molecule has 0 spiro atoms. The summed E-state index contributed by atoms with van der Waals surface area (Å²) in [5.41, 5.74) is 7.44. The number of hydrogen-bond donors (Lipinski definition) is 3. The number of halogens is 2. The molecular formula is C22H23F2N5O3S. The molecule has 3 aromatic rings. The van der Waals surface area contributed by atoms with E-state index in [0.717, 1.165) is 0 Å². The number of Topliss-reactive ketones (excluding diaryl/α,β-unsaturated/α-hetero) is 1. The van der Waals surface area contributed by atoms with Gasteiger partial charge < -0.3 is 20.9 Å². The molecule has 0 atom stereocenters. The van der Waals surface area contributed by atoms with E-state index in [1.165, 1.54) is 41.0 Å². The maximum Gasteiger partial charge on any atom is 0.294 e. The van der Waals surface area contributed by atoms with Crippen LogP contribution in [0.15, 0.2) is 23.6 Å². The Bertz CT molecular complexity index is 1240. The Kier molecular flexibility index (Phi) is 7.22. The Morgan fingerprint density at radius 2 is 1.94 bits per heavy atom. The van der Waals surface area contributed by atoms with Gasteiger partial charge in [0.15, 0.2) is 5.13 Å². The molecule has 0 radical (unpaired) electrons. The predicted octanol–water partition coefficient (Wildman–Crippen LogP) is 3.31. The second-order valence-corrected chi connectivity index (χ2v) is 8.27. The lowest BCUT2D eigenvalue weighted by atomic mass is 10.1. The number of thiazole rings is 1. The van der Waals surface area contributed by atoms with Gasteiger partial charge in [0.05, 0.1) is 30.0 Å². The fourth-order valence-electron chi connectivity index (χ4n) is 3.56. The van der Waals surface area contributed by atoms with Gasteiger partial charge in [-0.05, 0) is 50.1 Å². The summed E-state index contributed by atoms with van der Waals surface area (Å²) in [5.74, 6) is -2.78. The molecule has 0 aliphatic carbocycles. The van der Waals surface area contributed by atoms with Crippen LogP contribution >= 0.6 is 11.3 Å². The van der Waals surface area contributed by atoms with Crippen LogP contribution < -0.4 is 16.4 Å². The van der Waals surface area contributed by atoms with Gasteiger partial charge in [-0.1, -0.05) is 0 Å². The summed E-state index contributed by atoms with van der Waals surface area (Å²) in [7, 11) is 0. The van der Waals surface area contributed by atoms with Crippen molar-refractivity contribution in [2.24, 2.45) is 0 Å². The Balaban J connectivity index is 1.88. The highest BCUT2D eigenvalue weighted by Gasteiger charge is 2.29. The Morgan fingerprint density at radius 3 is 2.55 bits per heavy atom. The number of anilines is 2. The molecule has 0 aliphatic heterocycles. The molecule has 2 heterocycles. The van der Waals surface area contributed by atoms with Crippen LogP contribution in [0.2, 0.25) is 0 Å². The van der Waals surface area contributed by atoms with E-state index in [2.05, 4.69) is 15.6 Å². The van der Waals surface area contributed by atoms with Crippen LogP contribution in [0.3, 0.4) is 0 Å². The zero-order chi connectivity index (χ0) is 24.3. The van der Waals surface area contributed by atoms with Crippen LogP contribution in [0.4, 0.5) is 19.6 Å². The summed E-state index contributed by atoms with van der Waals surface area (Å²) < 4.78 is 28.1. The number of amides is 2. The average Bonchev–Trinajstić information content (AvgIpc) is 3.29. The molecule has 0 aliphatic rings. The first-order valence-electron chi connectivity index (χ1n) is 9.99. The van der Waals surface area contributed by atoms with Crippen molar-refractivity contribution in [3.05, 3.63) is 63.2 Å². The summed E-state index contributed by atoms with van der Waals surface area (Å²) in [6, 6.07) is 4.11. The molecular weight excluding hydrogens is 452 g/mol. The van der Waals surface area contributed by atoms with Crippen LogP contribution in [-0.2, 0) is 17.9 Å². The molecule has 33 heavy (non-hydrogen) atoms. The molecule has 0 unspecified atom stereocenters. The number of hydrogen-bond acceptors (Lipinski definition) is 6. The smallest absolute Gasteiger partial charge is 0.294 e. The van der Waals surface area contributed by atoms with E-state index in [-0.39, 0.29) is 29.9 Å². The Hall–Kier alpha value is -3.60. The number of nitrogen functional groups attached to an aromatic ring is 1. The number of ketones is 1. The molecule has 11 heteroatoms. The van der Waals surface area contributed by atoms with E-state index >= 15 is 0 Å². The number of alkyl halides is 1. The van der Waals surface area contributed by atoms with Crippen molar-refractivity contribution in [3.8, 4) is 0 Å². The predicted molar refractivity (Wildman–Crippen MR) is 122 cm³/mol. The van der Waals surface area contributed by atoms with Gasteiger partial charge in [-0.15, -0.1) is 11.3 Å². The summed E-state index contributed by atoms with van der Waals surface area (Å²) in [6.07, 6.45) is 0. The zero-order valence-electron chi connectivity index (χ0n) is 18.3. The maximum absolute atomic E-state index is 13.5. The lowest BCUT2D eigenvalue weighted by Crippen LogP contribution is -2.32. The molecule has 4 N–H and O–H groups in total. The number of nitrogens with one attached hydrogen (secondary N) is 2. The van der Waals surface area contributed by atoms with Crippen molar-refractivity contribution in [2.45, 2.75) is 33.9 Å². The number of nitrogens with two attached hydrogens (primary N) is 1. The monoisotopic (exact) mass is 475 g/mol. The first-order valence-corrected chi connectivity index (χ1v) is 10.9. The van der Waals surface area contributed by atoms with Gasteiger partial charge in [-0.25, -0.2) is 13.8 Å². The quantitative estimate of drug-likeness (QED) is 0.341. The van der Waals surface area contributed by atoms with Crippen molar-refractivity contribution in [2.75, 3.05) is 17.7 Å². The van der Waals surface area contributed by atoms with E-state index in [0.29, 0.717) is 27.8 Å². The normalized spacial score (nSPS) is 10.8. The van der Waals surface area contributed by atoms with E-state index in [1.54, 1.807) is 19.2 Å². The van der Waals surface area contributed by atoms with Crippen molar-refractivity contribution >= 4 is 39.8 Å². The van der Waals surface area contributed by atoms with Crippen LogP contribution in [0, 0.1) is 26.6 Å². The number of aromatic nitrogens is 2. The van der Waals surface area contributed by atoms with Crippen molar-refractivity contribution in [3.63, 3.8) is 0 Å². The molecule has 2 aromatic heterocycles. The summed E-state index contributed by atoms with van der Waals surface area (Å²) in [4.78, 5) is 42.5.